The van der Waals surface area contributed by atoms with Gasteiger partial charge in [-0.2, -0.15) is 0 Å². The zero-order valence-electron chi connectivity index (χ0n) is 15.9. The van der Waals surface area contributed by atoms with Gasteiger partial charge >= 0.3 is 0 Å². The summed E-state index contributed by atoms with van der Waals surface area (Å²) in [5.74, 6) is -0.267. The van der Waals surface area contributed by atoms with Crippen LogP contribution in [-0.2, 0) is 0 Å². The molecule has 0 unspecified atom stereocenters. The number of halogens is 2. The molecule has 0 saturated carbocycles. The summed E-state index contributed by atoms with van der Waals surface area (Å²) in [4.78, 5) is 6.68. The zero-order valence-corrected chi connectivity index (χ0v) is 16.7. The predicted octanol–water partition coefficient (Wildman–Crippen LogP) is 6.56. The summed E-state index contributed by atoms with van der Waals surface area (Å²) < 4.78 is 14.8. The topological polar surface area (TPSA) is 15.6 Å². The Kier molecular flexibility index (Phi) is 4.94. The first-order valence-corrected chi connectivity index (χ1v) is 9.22. The summed E-state index contributed by atoms with van der Waals surface area (Å²) in [5.41, 5.74) is 5.24. The minimum Gasteiger partial charge on any atom is -0.363 e. The van der Waals surface area contributed by atoms with E-state index in [9.17, 15) is 4.39 Å². The van der Waals surface area contributed by atoms with Crippen LogP contribution in [0, 0.1) is 12.7 Å². The maximum absolute atomic E-state index is 14.8. The van der Waals surface area contributed by atoms with Crippen LogP contribution >= 0.6 is 11.6 Å². The number of rotatable bonds is 3. The van der Waals surface area contributed by atoms with Crippen molar-refractivity contribution in [2.24, 2.45) is 4.99 Å². The van der Waals surface area contributed by atoms with Gasteiger partial charge in [0.1, 0.15) is 5.82 Å². The van der Waals surface area contributed by atoms with Gasteiger partial charge < -0.3 is 4.90 Å². The van der Waals surface area contributed by atoms with Crippen molar-refractivity contribution < 1.29 is 4.39 Å². The molecule has 2 nitrogen and oxygen atoms in total. The Bertz CT molecular complexity index is 913. The highest BCUT2D eigenvalue weighted by Gasteiger charge is 2.30. The largest absolute Gasteiger partial charge is 0.363 e. The minimum atomic E-state index is -0.267. The van der Waals surface area contributed by atoms with E-state index in [2.05, 4.69) is 43.7 Å². The number of hydrogen-bond acceptors (Lipinski definition) is 2. The van der Waals surface area contributed by atoms with Crippen LogP contribution in [0.3, 0.4) is 0 Å². The number of anilines is 1. The van der Waals surface area contributed by atoms with E-state index in [1.165, 1.54) is 0 Å². The average molecular weight is 371 g/mol. The van der Waals surface area contributed by atoms with E-state index in [1.807, 2.05) is 25.1 Å². The second-order valence-corrected chi connectivity index (χ2v) is 7.74. The molecule has 0 aliphatic carbocycles. The standard InChI is InChI=1S/C22H24ClFN2/c1-6-26-21-11-19(24)16(9-18(21)15(3)12-22(26,4)5)13-25-20-10-17(23)8-7-14(20)2/h7-13H,6H2,1-5H3. The number of likely N-dealkylation sites (N-methyl/N-ethyl adjacent to an activating group) is 1. The van der Waals surface area contributed by atoms with E-state index in [-0.39, 0.29) is 11.4 Å². The van der Waals surface area contributed by atoms with Crippen LogP contribution in [0.15, 0.2) is 41.4 Å². The first-order valence-electron chi connectivity index (χ1n) is 8.84. The fourth-order valence-corrected chi connectivity index (χ4v) is 3.82. The maximum atomic E-state index is 14.8. The molecule has 0 atom stereocenters. The van der Waals surface area contributed by atoms with Crippen molar-refractivity contribution in [3.05, 3.63) is 63.9 Å². The van der Waals surface area contributed by atoms with Crippen molar-refractivity contribution >= 4 is 34.8 Å². The van der Waals surface area contributed by atoms with Crippen molar-refractivity contribution in [3.63, 3.8) is 0 Å². The Morgan fingerprint density at radius 1 is 1.19 bits per heavy atom. The minimum absolute atomic E-state index is 0.133. The summed E-state index contributed by atoms with van der Waals surface area (Å²) in [6.07, 6.45) is 3.82. The van der Waals surface area contributed by atoms with E-state index in [0.29, 0.717) is 10.6 Å². The third kappa shape index (κ3) is 3.41. The highest BCUT2D eigenvalue weighted by atomic mass is 35.5. The van der Waals surface area contributed by atoms with Crippen LogP contribution in [0.4, 0.5) is 15.8 Å². The number of benzene rings is 2. The number of aryl methyl sites for hydroxylation is 1. The molecule has 136 valence electrons. The molecule has 0 radical (unpaired) electrons. The smallest absolute Gasteiger partial charge is 0.134 e. The molecule has 3 rings (SSSR count). The Hall–Kier alpha value is -2.13. The highest BCUT2D eigenvalue weighted by Crippen LogP contribution is 2.39. The third-order valence-electron chi connectivity index (χ3n) is 4.93. The van der Waals surface area contributed by atoms with E-state index in [1.54, 1.807) is 18.3 Å². The lowest BCUT2D eigenvalue weighted by atomic mass is 9.88. The quantitative estimate of drug-likeness (QED) is 0.558. The predicted molar refractivity (Wildman–Crippen MR) is 111 cm³/mol. The summed E-state index contributed by atoms with van der Waals surface area (Å²) in [5, 5.41) is 0.619. The fourth-order valence-electron chi connectivity index (χ4n) is 3.65. The SMILES string of the molecule is CCN1c2cc(F)c(C=Nc3cc(Cl)ccc3C)cc2C(C)=CC1(C)C. The van der Waals surface area contributed by atoms with Gasteiger partial charge in [-0.1, -0.05) is 23.7 Å². The average Bonchev–Trinajstić information content (AvgIpc) is 2.55. The molecular weight excluding hydrogens is 347 g/mol. The molecule has 2 aromatic rings. The number of allylic oxidation sites excluding steroid dienone is 1. The summed E-state index contributed by atoms with van der Waals surface area (Å²) in [7, 11) is 0. The molecule has 0 amide bonds. The molecule has 0 spiro atoms. The lowest BCUT2D eigenvalue weighted by molar-refractivity contribution is 0.561. The highest BCUT2D eigenvalue weighted by molar-refractivity contribution is 6.30. The first-order chi connectivity index (χ1) is 12.2. The van der Waals surface area contributed by atoms with E-state index in [0.717, 1.165) is 34.6 Å². The van der Waals surface area contributed by atoms with Crippen LogP contribution in [0.5, 0.6) is 0 Å². The van der Waals surface area contributed by atoms with Gasteiger partial charge in [0.05, 0.1) is 11.2 Å². The van der Waals surface area contributed by atoms with Crippen LogP contribution in [0.1, 0.15) is 44.4 Å². The number of fused-ring (bicyclic) bond motifs is 1. The van der Waals surface area contributed by atoms with Crippen molar-refractivity contribution in [2.75, 3.05) is 11.4 Å². The van der Waals surface area contributed by atoms with Gasteiger partial charge in [0.15, 0.2) is 0 Å². The van der Waals surface area contributed by atoms with Gasteiger partial charge in [-0.25, -0.2) is 4.39 Å². The summed E-state index contributed by atoms with van der Waals surface area (Å²) in [6, 6.07) is 9.04. The second-order valence-electron chi connectivity index (χ2n) is 7.31. The molecule has 2 aromatic carbocycles. The number of hydrogen-bond donors (Lipinski definition) is 0. The molecule has 1 aliphatic heterocycles. The maximum Gasteiger partial charge on any atom is 0.134 e. The molecule has 1 aliphatic rings. The third-order valence-corrected chi connectivity index (χ3v) is 5.16. The molecular formula is C22H24ClFN2. The lowest BCUT2D eigenvalue weighted by Crippen LogP contribution is -2.45. The Labute approximate surface area is 160 Å². The van der Waals surface area contributed by atoms with E-state index < -0.39 is 0 Å². The molecule has 4 heteroatoms. The molecule has 26 heavy (non-hydrogen) atoms. The van der Waals surface area contributed by atoms with Crippen molar-refractivity contribution in [1.82, 2.24) is 0 Å². The molecule has 0 saturated heterocycles. The Balaban J connectivity index is 2.05. The molecule has 0 bridgehead atoms. The molecule has 1 heterocycles. The van der Waals surface area contributed by atoms with Crippen LogP contribution < -0.4 is 4.90 Å². The molecule has 0 fully saturated rings. The van der Waals surface area contributed by atoms with E-state index >= 15 is 0 Å². The monoisotopic (exact) mass is 370 g/mol. The first kappa shape index (κ1) is 18.7. The van der Waals surface area contributed by atoms with Crippen molar-refractivity contribution in [2.45, 2.75) is 40.2 Å². The van der Waals surface area contributed by atoms with Crippen molar-refractivity contribution in [1.29, 1.82) is 0 Å². The van der Waals surface area contributed by atoms with Gasteiger partial charge in [-0.3, -0.25) is 4.99 Å². The van der Waals surface area contributed by atoms with Gasteiger partial charge in [0, 0.05) is 34.6 Å². The fraction of sp³-hybridized carbons (Fsp3) is 0.318. The van der Waals surface area contributed by atoms with Gasteiger partial charge in [-0.15, -0.1) is 0 Å². The van der Waals surface area contributed by atoms with E-state index in [4.69, 9.17) is 11.6 Å². The Morgan fingerprint density at radius 2 is 1.92 bits per heavy atom. The zero-order chi connectivity index (χ0) is 19.1. The van der Waals surface area contributed by atoms with Gasteiger partial charge in [0.25, 0.3) is 0 Å². The number of nitrogens with zero attached hydrogens (tertiary/aromatic N) is 2. The van der Waals surface area contributed by atoms with Crippen molar-refractivity contribution in [3.8, 4) is 0 Å². The molecule has 0 N–H and O–H groups in total. The number of aliphatic imine (C=N–C) groups is 1. The van der Waals surface area contributed by atoms with Crippen LogP contribution in [-0.4, -0.2) is 18.3 Å². The van der Waals surface area contributed by atoms with Gasteiger partial charge in [-0.05, 0) is 70.0 Å². The normalized spacial score (nSPS) is 16.0. The van der Waals surface area contributed by atoms with Crippen LogP contribution in [0.25, 0.3) is 5.57 Å². The van der Waals surface area contributed by atoms with Gasteiger partial charge in [0.2, 0.25) is 0 Å². The molecule has 0 aromatic heterocycles. The Morgan fingerprint density at radius 3 is 2.62 bits per heavy atom. The second kappa shape index (κ2) is 6.88. The van der Waals surface area contributed by atoms with Crippen LogP contribution in [0.2, 0.25) is 5.02 Å². The lowest BCUT2D eigenvalue weighted by Gasteiger charge is -2.42. The summed E-state index contributed by atoms with van der Waals surface area (Å²) >= 11 is 6.04. The summed E-state index contributed by atoms with van der Waals surface area (Å²) in [6.45, 7) is 11.2.